The summed E-state index contributed by atoms with van der Waals surface area (Å²) in [6.45, 7) is 1.11. The van der Waals surface area contributed by atoms with Crippen LogP contribution in [-0.4, -0.2) is 20.3 Å². The van der Waals surface area contributed by atoms with Gasteiger partial charge < -0.3 is 15.2 Å². The molecule has 1 rings (SSSR count). The zero-order chi connectivity index (χ0) is 11.3. The maximum Gasteiger partial charge on any atom is 0.139 e. The summed E-state index contributed by atoms with van der Waals surface area (Å²) in [5.74, 6) is 1.09. The third kappa shape index (κ3) is 3.45. The fourth-order valence-corrected chi connectivity index (χ4v) is 1.48. The largest absolute Gasteiger partial charge is 0.495 e. The van der Waals surface area contributed by atoms with Crippen LogP contribution < -0.4 is 15.2 Å². The summed E-state index contributed by atoms with van der Waals surface area (Å²) in [5.41, 5.74) is 5.35. The normalized spacial score (nSPS) is 10.1. The summed E-state index contributed by atoms with van der Waals surface area (Å²) in [5, 5.41) is 0.956. The zero-order valence-electron chi connectivity index (χ0n) is 8.43. The second kappa shape index (κ2) is 6.05. The number of hydrogen-bond acceptors (Lipinski definition) is 3. The molecule has 0 heterocycles. The fraction of sp³-hybridized carbons (Fsp3) is 0.400. The van der Waals surface area contributed by atoms with Crippen LogP contribution in [0.25, 0.3) is 0 Å². The molecule has 0 aliphatic rings. The molecule has 0 saturated carbocycles. The van der Waals surface area contributed by atoms with Crippen molar-refractivity contribution in [2.75, 3.05) is 20.3 Å². The van der Waals surface area contributed by atoms with Crippen molar-refractivity contribution in [3.8, 4) is 11.5 Å². The van der Waals surface area contributed by atoms with Crippen molar-refractivity contribution in [3.63, 3.8) is 0 Å². The summed E-state index contributed by atoms with van der Waals surface area (Å²) in [6, 6.07) is 3.26. The van der Waals surface area contributed by atoms with Gasteiger partial charge in [-0.25, -0.2) is 0 Å². The molecule has 0 spiro atoms. The van der Waals surface area contributed by atoms with Gasteiger partial charge in [-0.15, -0.1) is 0 Å². The molecule has 0 amide bonds. The first-order valence-electron chi connectivity index (χ1n) is 4.55. The summed E-state index contributed by atoms with van der Waals surface area (Å²) in [7, 11) is 1.53. The average Bonchev–Trinajstić information content (AvgIpc) is 2.23. The number of ether oxygens (including phenoxy) is 2. The Kier molecular flexibility index (Phi) is 5.02. The molecule has 0 aliphatic heterocycles. The molecule has 3 nitrogen and oxygen atoms in total. The molecule has 1 aromatic rings. The summed E-state index contributed by atoms with van der Waals surface area (Å²) in [6.07, 6.45) is 0.778. The predicted octanol–water partition coefficient (Wildman–Crippen LogP) is 2.73. The van der Waals surface area contributed by atoms with E-state index in [2.05, 4.69) is 0 Å². The van der Waals surface area contributed by atoms with Crippen LogP contribution in [0.15, 0.2) is 12.1 Å². The monoisotopic (exact) mass is 249 g/mol. The highest BCUT2D eigenvalue weighted by Gasteiger charge is 2.08. The molecule has 0 aromatic heterocycles. The third-order valence-corrected chi connectivity index (χ3v) is 2.40. The van der Waals surface area contributed by atoms with E-state index < -0.39 is 0 Å². The fourth-order valence-electron chi connectivity index (χ4n) is 1.04. The number of hydrogen-bond donors (Lipinski definition) is 1. The third-order valence-electron chi connectivity index (χ3n) is 1.81. The summed E-state index contributed by atoms with van der Waals surface area (Å²) in [4.78, 5) is 0. The van der Waals surface area contributed by atoms with Gasteiger partial charge in [0.1, 0.15) is 11.5 Å². The second-order valence-corrected chi connectivity index (χ2v) is 3.72. The van der Waals surface area contributed by atoms with Gasteiger partial charge in [0.05, 0.1) is 23.8 Å². The van der Waals surface area contributed by atoms with Crippen LogP contribution in [0.4, 0.5) is 0 Å². The number of rotatable bonds is 5. The Hall–Kier alpha value is -0.640. The van der Waals surface area contributed by atoms with E-state index in [-0.39, 0.29) is 0 Å². The molecular formula is C10H13Cl2NO2. The van der Waals surface area contributed by atoms with Crippen LogP contribution in [0.5, 0.6) is 11.5 Å². The topological polar surface area (TPSA) is 44.5 Å². The maximum atomic E-state index is 5.96. The van der Waals surface area contributed by atoms with Gasteiger partial charge >= 0.3 is 0 Å². The highest BCUT2D eigenvalue weighted by molar-refractivity contribution is 6.35. The molecule has 1 aromatic carbocycles. The lowest BCUT2D eigenvalue weighted by Crippen LogP contribution is -2.06. The van der Waals surface area contributed by atoms with E-state index in [1.54, 1.807) is 12.1 Å². The Balaban J connectivity index is 2.76. The molecule has 84 valence electrons. The molecule has 0 unspecified atom stereocenters. The van der Waals surface area contributed by atoms with Crippen LogP contribution in [-0.2, 0) is 0 Å². The van der Waals surface area contributed by atoms with Crippen LogP contribution >= 0.6 is 23.2 Å². The molecule has 5 heteroatoms. The van der Waals surface area contributed by atoms with Crippen LogP contribution in [0.2, 0.25) is 10.0 Å². The maximum absolute atomic E-state index is 5.96. The van der Waals surface area contributed by atoms with Gasteiger partial charge in [-0.3, -0.25) is 0 Å². The van der Waals surface area contributed by atoms with E-state index in [4.69, 9.17) is 38.4 Å². The highest BCUT2D eigenvalue weighted by Crippen LogP contribution is 2.35. The first-order valence-corrected chi connectivity index (χ1v) is 5.30. The standard InChI is InChI=1S/C10H13Cl2NO2/c1-14-9-5-8(12)10(6-7(9)11)15-4-2-3-13/h5-6H,2-4,13H2,1H3. The zero-order valence-corrected chi connectivity index (χ0v) is 9.94. The van der Waals surface area contributed by atoms with Crippen LogP contribution in [0, 0.1) is 0 Å². The van der Waals surface area contributed by atoms with Gasteiger partial charge in [0.25, 0.3) is 0 Å². The van der Waals surface area contributed by atoms with Crippen molar-refractivity contribution in [2.24, 2.45) is 5.73 Å². The van der Waals surface area contributed by atoms with E-state index in [1.807, 2.05) is 0 Å². The predicted molar refractivity (Wildman–Crippen MR) is 62.2 cm³/mol. The minimum absolute atomic E-state index is 0.477. The number of nitrogens with two attached hydrogens (primary N) is 1. The van der Waals surface area contributed by atoms with Crippen molar-refractivity contribution in [1.82, 2.24) is 0 Å². The first-order chi connectivity index (χ1) is 7.19. The Morgan fingerprint density at radius 2 is 1.80 bits per heavy atom. The Labute approximate surface area is 99.1 Å². The number of halogens is 2. The van der Waals surface area contributed by atoms with Crippen molar-refractivity contribution in [2.45, 2.75) is 6.42 Å². The minimum atomic E-state index is 0.477. The van der Waals surface area contributed by atoms with Gasteiger partial charge in [-0.05, 0) is 13.0 Å². The lowest BCUT2D eigenvalue weighted by molar-refractivity contribution is 0.313. The van der Waals surface area contributed by atoms with Gasteiger partial charge in [0.15, 0.2) is 0 Å². The average molecular weight is 250 g/mol. The molecule has 0 fully saturated rings. The van der Waals surface area contributed by atoms with E-state index in [1.165, 1.54) is 7.11 Å². The van der Waals surface area contributed by atoms with Crippen LogP contribution in [0.1, 0.15) is 6.42 Å². The van der Waals surface area contributed by atoms with Gasteiger partial charge in [0.2, 0.25) is 0 Å². The molecule has 0 saturated heterocycles. The lowest BCUT2D eigenvalue weighted by atomic mass is 10.3. The molecule has 0 aliphatic carbocycles. The molecule has 15 heavy (non-hydrogen) atoms. The summed E-state index contributed by atoms with van der Waals surface area (Å²) < 4.78 is 10.4. The molecule has 2 N–H and O–H groups in total. The van der Waals surface area contributed by atoms with E-state index in [0.717, 1.165) is 6.42 Å². The number of benzene rings is 1. The Morgan fingerprint density at radius 1 is 1.20 bits per heavy atom. The van der Waals surface area contributed by atoms with Gasteiger partial charge in [-0.2, -0.15) is 0 Å². The first kappa shape index (κ1) is 12.4. The Bertz CT molecular complexity index is 331. The molecule has 0 radical (unpaired) electrons. The lowest BCUT2D eigenvalue weighted by Gasteiger charge is -2.10. The quantitative estimate of drug-likeness (QED) is 0.817. The highest BCUT2D eigenvalue weighted by atomic mass is 35.5. The van der Waals surface area contributed by atoms with Gasteiger partial charge in [-0.1, -0.05) is 23.2 Å². The second-order valence-electron chi connectivity index (χ2n) is 2.91. The van der Waals surface area contributed by atoms with Crippen LogP contribution in [0.3, 0.4) is 0 Å². The van der Waals surface area contributed by atoms with Gasteiger partial charge in [0, 0.05) is 12.1 Å². The van der Waals surface area contributed by atoms with Crippen molar-refractivity contribution < 1.29 is 9.47 Å². The Morgan fingerprint density at radius 3 is 2.40 bits per heavy atom. The molecule has 0 atom stereocenters. The van der Waals surface area contributed by atoms with Crippen molar-refractivity contribution in [1.29, 1.82) is 0 Å². The van der Waals surface area contributed by atoms with Crippen molar-refractivity contribution in [3.05, 3.63) is 22.2 Å². The van der Waals surface area contributed by atoms with E-state index in [9.17, 15) is 0 Å². The number of methoxy groups -OCH3 is 1. The molecule has 0 bridgehead atoms. The molecular weight excluding hydrogens is 237 g/mol. The van der Waals surface area contributed by atoms with Crippen molar-refractivity contribution >= 4 is 23.2 Å². The van der Waals surface area contributed by atoms with E-state index in [0.29, 0.717) is 34.7 Å². The SMILES string of the molecule is COc1cc(Cl)c(OCCCN)cc1Cl. The summed E-state index contributed by atoms with van der Waals surface area (Å²) >= 11 is 11.9. The minimum Gasteiger partial charge on any atom is -0.495 e. The van der Waals surface area contributed by atoms with E-state index >= 15 is 0 Å². The smallest absolute Gasteiger partial charge is 0.139 e.